The molecule has 0 saturated carbocycles. The minimum absolute atomic E-state index is 0.344. The summed E-state index contributed by atoms with van der Waals surface area (Å²) in [6.45, 7) is 13.0. The summed E-state index contributed by atoms with van der Waals surface area (Å²) in [5.74, 6) is 2.56. The van der Waals surface area contributed by atoms with Gasteiger partial charge in [-0.25, -0.2) is 0 Å². The van der Waals surface area contributed by atoms with Crippen molar-refractivity contribution in [1.29, 1.82) is 0 Å². The first-order valence-corrected chi connectivity index (χ1v) is 17.0. The van der Waals surface area contributed by atoms with E-state index >= 15 is 0 Å². The fraction of sp³-hybridized carbons (Fsp3) is 0.714. The van der Waals surface area contributed by atoms with Gasteiger partial charge in [0, 0.05) is 11.6 Å². The van der Waals surface area contributed by atoms with E-state index in [4.69, 9.17) is 18.1 Å². The molecule has 36 heavy (non-hydrogen) atoms. The second-order valence-corrected chi connectivity index (χ2v) is 12.6. The van der Waals surface area contributed by atoms with Crippen molar-refractivity contribution in [1.82, 2.24) is 0 Å². The molecule has 2 unspecified atom stereocenters. The Morgan fingerprint density at radius 1 is 0.500 bits per heavy atom. The lowest BCUT2D eigenvalue weighted by Gasteiger charge is -2.15. The zero-order valence-electron chi connectivity index (χ0n) is 23.0. The van der Waals surface area contributed by atoms with Gasteiger partial charge >= 0.3 is 15.2 Å². The summed E-state index contributed by atoms with van der Waals surface area (Å²) in [5.41, 5.74) is 0. The molecular formula is C28H52O6P2. The van der Waals surface area contributed by atoms with E-state index in [9.17, 15) is 9.13 Å². The molecule has 0 N–H and O–H groups in total. The van der Waals surface area contributed by atoms with Crippen LogP contribution in [0.1, 0.15) is 104 Å². The van der Waals surface area contributed by atoms with Gasteiger partial charge in [0.25, 0.3) is 0 Å². The van der Waals surface area contributed by atoms with E-state index in [1.807, 2.05) is 0 Å². The molecule has 8 heteroatoms. The average molecular weight is 547 g/mol. The molecule has 0 aromatic carbocycles. The van der Waals surface area contributed by atoms with Crippen LogP contribution in [0.15, 0.2) is 49.1 Å². The summed E-state index contributed by atoms with van der Waals surface area (Å²) in [6.07, 6.45) is 22.6. The number of rotatable bonds is 27. The summed E-state index contributed by atoms with van der Waals surface area (Å²) in [6, 6.07) is 0. The molecule has 0 amide bonds. The van der Waals surface area contributed by atoms with E-state index in [1.165, 1.54) is 50.2 Å². The Morgan fingerprint density at radius 3 is 1.22 bits per heavy atom. The van der Waals surface area contributed by atoms with Crippen LogP contribution >= 0.6 is 15.2 Å². The van der Waals surface area contributed by atoms with E-state index in [1.54, 1.807) is 0 Å². The lowest BCUT2D eigenvalue weighted by Crippen LogP contribution is -1.99. The molecule has 0 fully saturated rings. The van der Waals surface area contributed by atoms with Crippen molar-refractivity contribution in [2.24, 2.45) is 0 Å². The molecule has 2 atom stereocenters. The molecule has 0 saturated heterocycles. The van der Waals surface area contributed by atoms with Crippen LogP contribution in [0.2, 0.25) is 0 Å². The Kier molecular flexibility index (Phi) is 24.1. The third-order valence-corrected chi connectivity index (χ3v) is 8.49. The fourth-order valence-corrected chi connectivity index (χ4v) is 5.28. The van der Waals surface area contributed by atoms with Crippen molar-refractivity contribution >= 4 is 15.2 Å². The lowest BCUT2D eigenvalue weighted by molar-refractivity contribution is 0.204. The quantitative estimate of drug-likeness (QED) is 0.0580. The molecular weight excluding hydrogens is 494 g/mol. The lowest BCUT2D eigenvalue weighted by atomic mass is 10.2. The van der Waals surface area contributed by atoms with E-state index in [-0.39, 0.29) is 0 Å². The number of unbranched alkanes of at least 4 members (excludes halogenated alkanes) is 9. The Balaban J connectivity index is 3.87. The molecule has 0 aromatic rings. The molecule has 0 rings (SSSR count). The van der Waals surface area contributed by atoms with Crippen molar-refractivity contribution < 1.29 is 27.2 Å². The van der Waals surface area contributed by atoms with Crippen LogP contribution in [0.3, 0.4) is 0 Å². The summed E-state index contributed by atoms with van der Waals surface area (Å²) in [5, 5.41) is 0. The van der Waals surface area contributed by atoms with Crippen molar-refractivity contribution in [2.75, 3.05) is 26.4 Å². The van der Waals surface area contributed by atoms with Gasteiger partial charge in [0.1, 0.15) is 0 Å². The molecule has 0 aliphatic heterocycles. The van der Waals surface area contributed by atoms with Crippen LogP contribution < -0.4 is 0 Å². The van der Waals surface area contributed by atoms with Crippen molar-refractivity contribution in [2.45, 2.75) is 104 Å². The SMILES string of the molecule is C=CP(=O)(OCC/C=C\CCCCC)OCCCCCCOP(=O)(C=C)OCC/C=C\CCCCC. The van der Waals surface area contributed by atoms with E-state index < -0.39 is 15.2 Å². The van der Waals surface area contributed by atoms with Crippen molar-refractivity contribution in [3.8, 4) is 0 Å². The first-order valence-electron chi connectivity index (χ1n) is 13.8. The van der Waals surface area contributed by atoms with Gasteiger partial charge in [0.2, 0.25) is 0 Å². The largest absolute Gasteiger partial charge is 0.353 e. The summed E-state index contributed by atoms with van der Waals surface area (Å²) >= 11 is 0. The van der Waals surface area contributed by atoms with Crippen molar-refractivity contribution in [3.05, 3.63) is 49.1 Å². The predicted octanol–water partition coefficient (Wildman–Crippen LogP) is 10.3. The minimum atomic E-state index is -3.24. The summed E-state index contributed by atoms with van der Waals surface area (Å²) < 4.78 is 47.0. The monoisotopic (exact) mass is 546 g/mol. The van der Waals surface area contributed by atoms with E-state index in [0.29, 0.717) is 39.3 Å². The van der Waals surface area contributed by atoms with Crippen LogP contribution in [0, 0.1) is 0 Å². The Morgan fingerprint density at radius 2 is 0.861 bits per heavy atom. The van der Waals surface area contributed by atoms with Gasteiger partial charge in [-0.1, -0.05) is 89.8 Å². The minimum Gasteiger partial charge on any atom is -0.306 e. The highest BCUT2D eigenvalue weighted by Crippen LogP contribution is 2.50. The zero-order chi connectivity index (χ0) is 26.8. The van der Waals surface area contributed by atoms with Crippen LogP contribution in [0.5, 0.6) is 0 Å². The Hall–Kier alpha value is -0.740. The molecule has 0 heterocycles. The fourth-order valence-electron chi connectivity index (χ4n) is 3.22. The maximum Gasteiger partial charge on any atom is 0.353 e. The third kappa shape index (κ3) is 21.4. The first kappa shape index (κ1) is 35.3. The summed E-state index contributed by atoms with van der Waals surface area (Å²) in [4.78, 5) is 0. The number of hydrogen-bond acceptors (Lipinski definition) is 6. The topological polar surface area (TPSA) is 71.1 Å². The molecule has 0 aromatic heterocycles. The highest BCUT2D eigenvalue weighted by molar-refractivity contribution is 7.57. The zero-order valence-corrected chi connectivity index (χ0v) is 24.7. The maximum absolute atomic E-state index is 12.6. The molecule has 210 valence electrons. The van der Waals surface area contributed by atoms with Crippen LogP contribution in [0.4, 0.5) is 0 Å². The van der Waals surface area contributed by atoms with Gasteiger partial charge < -0.3 is 18.1 Å². The van der Waals surface area contributed by atoms with Crippen molar-refractivity contribution in [3.63, 3.8) is 0 Å². The van der Waals surface area contributed by atoms with E-state index in [2.05, 4.69) is 51.3 Å². The molecule has 0 bridgehead atoms. The van der Waals surface area contributed by atoms with Gasteiger partial charge in [-0.3, -0.25) is 9.13 Å². The molecule has 0 spiro atoms. The van der Waals surface area contributed by atoms with Crippen LogP contribution in [0.25, 0.3) is 0 Å². The van der Waals surface area contributed by atoms with Gasteiger partial charge in [-0.2, -0.15) is 0 Å². The Bertz CT molecular complexity index is 632. The van der Waals surface area contributed by atoms with Gasteiger partial charge in [0.15, 0.2) is 0 Å². The molecule has 0 aliphatic rings. The van der Waals surface area contributed by atoms with Crippen LogP contribution in [-0.2, 0) is 27.2 Å². The smallest absolute Gasteiger partial charge is 0.306 e. The second kappa shape index (κ2) is 24.6. The highest BCUT2D eigenvalue weighted by Gasteiger charge is 2.20. The van der Waals surface area contributed by atoms with Gasteiger partial charge in [-0.15, -0.1) is 0 Å². The molecule has 0 aliphatic carbocycles. The number of allylic oxidation sites excluding steroid dienone is 2. The third-order valence-electron chi connectivity index (χ3n) is 5.42. The molecule has 6 nitrogen and oxygen atoms in total. The second-order valence-electron chi connectivity index (χ2n) is 8.70. The first-order chi connectivity index (χ1) is 17.4. The number of hydrogen-bond donors (Lipinski definition) is 0. The van der Waals surface area contributed by atoms with Gasteiger partial charge in [-0.05, 0) is 51.4 Å². The predicted molar refractivity (Wildman–Crippen MR) is 154 cm³/mol. The standard InChI is InChI=1S/C28H52O6P2/c1-5-9-11-13-15-17-21-25-31-35(29,7-3)33-27-23-19-20-24-28-34-36(30,8-4)32-26-22-18-16-14-12-10-6-2/h7-8,15-18H,3-6,9-14,19-28H2,1-2H3/b17-15-,18-16-. The maximum atomic E-state index is 12.6. The molecule has 0 radical (unpaired) electrons. The highest BCUT2D eigenvalue weighted by atomic mass is 31.2. The van der Waals surface area contributed by atoms with Gasteiger partial charge in [0.05, 0.1) is 26.4 Å². The van der Waals surface area contributed by atoms with Crippen LogP contribution in [-0.4, -0.2) is 26.4 Å². The Labute approximate surface area is 221 Å². The summed E-state index contributed by atoms with van der Waals surface area (Å²) in [7, 11) is -6.48. The normalized spacial score (nSPS) is 15.3. The van der Waals surface area contributed by atoms with E-state index in [0.717, 1.165) is 38.5 Å². The average Bonchev–Trinajstić information content (AvgIpc) is 2.88.